The van der Waals surface area contributed by atoms with Crippen molar-refractivity contribution in [3.63, 3.8) is 0 Å². The molecule has 1 heterocycles. The van der Waals surface area contributed by atoms with Crippen LogP contribution in [-0.4, -0.2) is 38.9 Å². The van der Waals surface area contributed by atoms with Crippen molar-refractivity contribution >= 4 is 33.1 Å². The van der Waals surface area contributed by atoms with Crippen LogP contribution in [0.15, 0.2) is 24.3 Å². The van der Waals surface area contributed by atoms with E-state index in [0.29, 0.717) is 12.2 Å². The maximum atomic E-state index is 10.5. The fourth-order valence-corrected chi connectivity index (χ4v) is 2.71. The van der Waals surface area contributed by atoms with Gasteiger partial charge in [-0.05, 0) is 30.5 Å². The number of aromatic nitrogens is 3. The standard InChI is InChI=1S/C9H11N3O3S2.Na.H/c13-17(14,15)7-3-6-16-12-10-8-4-1-2-5-9(8)11-12;;/h1-2,4-5H,3,6-7H2,(H,13,14,15);;/q;+1;-1. The molecule has 2 aromatic rings. The van der Waals surface area contributed by atoms with E-state index in [2.05, 4.69) is 10.2 Å². The van der Waals surface area contributed by atoms with E-state index in [1.54, 1.807) is 0 Å². The van der Waals surface area contributed by atoms with E-state index in [-0.39, 0.29) is 36.7 Å². The fourth-order valence-electron chi connectivity index (χ4n) is 1.29. The Morgan fingerprint density at radius 1 is 1.28 bits per heavy atom. The van der Waals surface area contributed by atoms with Gasteiger partial charge in [0, 0.05) is 5.75 Å². The van der Waals surface area contributed by atoms with Crippen LogP contribution >= 0.6 is 11.9 Å². The van der Waals surface area contributed by atoms with Gasteiger partial charge in [-0.2, -0.15) is 8.42 Å². The van der Waals surface area contributed by atoms with Gasteiger partial charge in [0.25, 0.3) is 10.1 Å². The van der Waals surface area contributed by atoms with Gasteiger partial charge in [-0.25, -0.2) is 0 Å². The molecule has 18 heavy (non-hydrogen) atoms. The first-order chi connectivity index (χ1) is 8.04. The zero-order valence-corrected chi connectivity index (χ0v) is 13.5. The molecule has 1 aromatic carbocycles. The molecular weight excluding hydrogens is 285 g/mol. The second-order valence-corrected chi connectivity index (χ2v) is 5.98. The molecule has 0 saturated carbocycles. The molecular formula is C9H12N3NaO3S2. The third-order valence-corrected chi connectivity index (χ3v) is 3.69. The number of hydrogen-bond acceptors (Lipinski definition) is 5. The largest absolute Gasteiger partial charge is 1.00 e. The van der Waals surface area contributed by atoms with Gasteiger partial charge >= 0.3 is 29.6 Å². The monoisotopic (exact) mass is 297 g/mol. The third kappa shape index (κ3) is 4.87. The van der Waals surface area contributed by atoms with Crippen molar-refractivity contribution in [3.05, 3.63) is 24.3 Å². The molecule has 0 unspecified atom stereocenters. The minimum Gasteiger partial charge on any atom is -1.00 e. The van der Waals surface area contributed by atoms with Gasteiger partial charge in [-0.3, -0.25) is 4.55 Å². The zero-order chi connectivity index (χ0) is 12.3. The second kappa shape index (κ2) is 6.88. The molecule has 1 N–H and O–H groups in total. The Balaban J connectivity index is 0.00000162. The Morgan fingerprint density at radius 3 is 2.33 bits per heavy atom. The van der Waals surface area contributed by atoms with Crippen molar-refractivity contribution in [1.82, 2.24) is 14.4 Å². The smallest absolute Gasteiger partial charge is 1.00 e. The summed E-state index contributed by atoms with van der Waals surface area (Å²) < 4.78 is 31.0. The van der Waals surface area contributed by atoms with Crippen LogP contribution in [-0.2, 0) is 10.1 Å². The van der Waals surface area contributed by atoms with Crippen LogP contribution < -0.4 is 29.6 Å². The van der Waals surface area contributed by atoms with Gasteiger partial charge < -0.3 is 1.43 Å². The molecule has 1 aromatic heterocycles. The van der Waals surface area contributed by atoms with Gasteiger partial charge in [0.1, 0.15) is 11.0 Å². The number of benzene rings is 1. The molecule has 0 aliphatic rings. The first-order valence-electron chi connectivity index (χ1n) is 4.95. The van der Waals surface area contributed by atoms with Crippen LogP contribution in [0.25, 0.3) is 11.0 Å². The van der Waals surface area contributed by atoms with Crippen molar-refractivity contribution in [3.8, 4) is 0 Å². The summed E-state index contributed by atoms with van der Waals surface area (Å²) in [6, 6.07) is 7.48. The average Bonchev–Trinajstić information content (AvgIpc) is 2.65. The average molecular weight is 297 g/mol. The normalized spacial score (nSPS) is 11.4. The Morgan fingerprint density at radius 2 is 1.83 bits per heavy atom. The molecule has 0 aliphatic carbocycles. The van der Waals surface area contributed by atoms with Crippen molar-refractivity contribution < 1.29 is 44.0 Å². The fraction of sp³-hybridized carbons (Fsp3) is 0.333. The van der Waals surface area contributed by atoms with E-state index in [0.717, 1.165) is 11.0 Å². The number of rotatable bonds is 5. The summed E-state index contributed by atoms with van der Waals surface area (Å²) in [7, 11) is -3.87. The first kappa shape index (κ1) is 15.9. The Hall–Kier alpha value is -0.120. The minimum atomic E-state index is -3.87. The predicted molar refractivity (Wildman–Crippen MR) is 67.5 cm³/mol. The molecule has 94 valence electrons. The quantitative estimate of drug-likeness (QED) is 0.403. The molecule has 6 nitrogen and oxygen atoms in total. The van der Waals surface area contributed by atoms with Gasteiger partial charge in [0.2, 0.25) is 0 Å². The summed E-state index contributed by atoms with van der Waals surface area (Å²) in [6.07, 6.45) is 0.362. The van der Waals surface area contributed by atoms with E-state index in [4.69, 9.17) is 4.55 Å². The molecule has 0 aliphatic heterocycles. The predicted octanol–water partition coefficient (Wildman–Crippen LogP) is -1.68. The molecule has 0 saturated heterocycles. The minimum absolute atomic E-state index is 0. The maximum absolute atomic E-state index is 10.5. The summed E-state index contributed by atoms with van der Waals surface area (Å²) in [6.45, 7) is 0. The SMILES string of the molecule is O=S(=O)(O)CCCSn1nc2ccccc2n1.[H-].[Na+]. The van der Waals surface area contributed by atoms with Crippen LogP contribution in [0.2, 0.25) is 0 Å². The Labute approximate surface area is 133 Å². The van der Waals surface area contributed by atoms with Gasteiger partial charge in [-0.1, -0.05) is 12.1 Å². The number of fused-ring (bicyclic) bond motifs is 1. The van der Waals surface area contributed by atoms with E-state index in [9.17, 15) is 8.42 Å². The van der Waals surface area contributed by atoms with Crippen molar-refractivity contribution in [2.75, 3.05) is 11.5 Å². The van der Waals surface area contributed by atoms with Crippen LogP contribution in [0, 0.1) is 0 Å². The number of hydrogen-bond donors (Lipinski definition) is 1. The summed E-state index contributed by atoms with van der Waals surface area (Å²) >= 11 is 1.31. The Kier molecular flexibility index (Phi) is 6.09. The first-order valence-corrected chi connectivity index (χ1v) is 7.50. The summed E-state index contributed by atoms with van der Waals surface area (Å²) in [5.41, 5.74) is 1.60. The van der Waals surface area contributed by atoms with Gasteiger partial charge in [0.05, 0.1) is 5.75 Å². The van der Waals surface area contributed by atoms with E-state index in [1.165, 1.54) is 16.1 Å². The second-order valence-electron chi connectivity index (χ2n) is 3.41. The summed E-state index contributed by atoms with van der Waals surface area (Å²) in [4.78, 5) is 0. The van der Waals surface area contributed by atoms with Gasteiger partial charge in [0.15, 0.2) is 0 Å². The van der Waals surface area contributed by atoms with Crippen molar-refractivity contribution in [2.45, 2.75) is 6.42 Å². The van der Waals surface area contributed by atoms with Crippen LogP contribution in [0.5, 0.6) is 0 Å². The topological polar surface area (TPSA) is 85.1 Å². The zero-order valence-electron chi connectivity index (χ0n) is 10.9. The van der Waals surface area contributed by atoms with Gasteiger partial charge in [-0.15, -0.1) is 14.4 Å². The molecule has 0 spiro atoms. The van der Waals surface area contributed by atoms with Crippen LogP contribution in [0.1, 0.15) is 7.85 Å². The summed E-state index contributed by atoms with van der Waals surface area (Å²) in [5, 5.41) is 8.41. The number of nitrogens with zero attached hydrogens (tertiary/aromatic N) is 3. The molecule has 2 rings (SSSR count). The molecule has 0 amide bonds. The van der Waals surface area contributed by atoms with Crippen LogP contribution in [0.4, 0.5) is 0 Å². The van der Waals surface area contributed by atoms with E-state index in [1.807, 2.05) is 24.3 Å². The van der Waals surface area contributed by atoms with Crippen molar-refractivity contribution in [1.29, 1.82) is 0 Å². The molecule has 0 fully saturated rings. The van der Waals surface area contributed by atoms with Crippen LogP contribution in [0.3, 0.4) is 0 Å². The third-order valence-electron chi connectivity index (χ3n) is 2.02. The maximum Gasteiger partial charge on any atom is 1.00 e. The molecule has 0 bridgehead atoms. The van der Waals surface area contributed by atoms with E-state index >= 15 is 0 Å². The molecule has 0 radical (unpaired) electrons. The van der Waals surface area contributed by atoms with E-state index < -0.39 is 10.1 Å². The Bertz CT molecular complexity index is 587. The molecule has 9 heteroatoms. The summed E-state index contributed by atoms with van der Waals surface area (Å²) in [5.74, 6) is 0.293. The van der Waals surface area contributed by atoms with Crippen molar-refractivity contribution in [2.24, 2.45) is 0 Å². The molecule has 0 atom stereocenters.